The third-order valence-corrected chi connectivity index (χ3v) is 5.21. The first kappa shape index (κ1) is 20.1. The highest BCUT2D eigenvalue weighted by atomic mass is 35.5. The minimum Gasteiger partial charge on any atom is -0.368 e. The smallest absolute Gasteiger partial charge is 0.368 e. The normalized spacial score (nSPS) is 22.4. The van der Waals surface area contributed by atoms with Crippen LogP contribution in [0.25, 0.3) is 0 Å². The van der Waals surface area contributed by atoms with Crippen molar-refractivity contribution in [2.45, 2.75) is 18.6 Å². The lowest BCUT2D eigenvalue weighted by molar-refractivity contribution is -0.143. The predicted octanol–water partition coefficient (Wildman–Crippen LogP) is 2.67. The predicted molar refractivity (Wildman–Crippen MR) is 103 cm³/mol. The van der Waals surface area contributed by atoms with Crippen LogP contribution in [-0.4, -0.2) is 80.8 Å². The first-order valence-corrected chi connectivity index (χ1v) is 9.50. The Bertz CT molecular complexity index is 659. The van der Waals surface area contributed by atoms with Crippen molar-refractivity contribution in [2.24, 2.45) is 4.99 Å². The van der Waals surface area contributed by atoms with E-state index >= 15 is 0 Å². The molecule has 0 spiro atoms. The lowest BCUT2D eigenvalue weighted by atomic mass is 10.2. The molecule has 2 aliphatic heterocycles. The molecule has 27 heavy (non-hydrogen) atoms. The summed E-state index contributed by atoms with van der Waals surface area (Å²) in [6.07, 6.45) is -3.45. The molecule has 2 fully saturated rings. The maximum atomic E-state index is 12.5. The van der Waals surface area contributed by atoms with E-state index in [9.17, 15) is 13.2 Å². The number of nitrogens with one attached hydrogen (secondary N) is 1. The molecular formula is C18H25ClF3N5. The molecule has 0 saturated carbocycles. The molecule has 2 saturated heterocycles. The summed E-state index contributed by atoms with van der Waals surface area (Å²) in [4.78, 5) is 10.2. The molecule has 3 rings (SSSR count). The molecule has 1 unspecified atom stereocenters. The van der Waals surface area contributed by atoms with E-state index in [4.69, 9.17) is 11.6 Å². The summed E-state index contributed by atoms with van der Waals surface area (Å²) < 4.78 is 37.6. The molecule has 2 heterocycles. The van der Waals surface area contributed by atoms with Crippen molar-refractivity contribution in [3.8, 4) is 0 Å². The number of rotatable bonds is 3. The molecule has 0 bridgehead atoms. The Kier molecular flexibility index (Phi) is 6.37. The van der Waals surface area contributed by atoms with Gasteiger partial charge in [-0.25, -0.2) is 0 Å². The monoisotopic (exact) mass is 403 g/mol. The fourth-order valence-electron chi connectivity index (χ4n) is 3.68. The van der Waals surface area contributed by atoms with Crippen LogP contribution in [0.4, 0.5) is 18.9 Å². The summed E-state index contributed by atoms with van der Waals surface area (Å²) in [6, 6.07) is 7.80. The van der Waals surface area contributed by atoms with E-state index < -0.39 is 12.7 Å². The van der Waals surface area contributed by atoms with Crippen LogP contribution in [0, 0.1) is 0 Å². The highest BCUT2D eigenvalue weighted by Gasteiger charge is 2.35. The van der Waals surface area contributed by atoms with Crippen LogP contribution >= 0.6 is 11.6 Å². The van der Waals surface area contributed by atoms with Gasteiger partial charge in [-0.15, -0.1) is 0 Å². The number of halogens is 4. The summed E-state index contributed by atoms with van der Waals surface area (Å²) in [5, 5.41) is 4.06. The number of anilines is 1. The Morgan fingerprint density at radius 1 is 1.22 bits per heavy atom. The standard InChI is InChI=1S/C18H25ClF3N5/c1-23-17(24-15-5-6-25(12-15)13-18(20,21)22)27-9-7-26(8-10-27)16-4-2-3-14(19)11-16/h2-4,11,15H,5-10,12-13H2,1H3,(H,23,24). The van der Waals surface area contributed by atoms with Gasteiger partial charge in [0.25, 0.3) is 0 Å². The fourth-order valence-corrected chi connectivity index (χ4v) is 3.86. The molecule has 5 nitrogen and oxygen atoms in total. The first-order valence-electron chi connectivity index (χ1n) is 9.12. The van der Waals surface area contributed by atoms with Gasteiger partial charge < -0.3 is 15.1 Å². The van der Waals surface area contributed by atoms with Crippen LogP contribution in [0.5, 0.6) is 0 Å². The van der Waals surface area contributed by atoms with Gasteiger partial charge in [-0.2, -0.15) is 13.2 Å². The molecule has 1 aromatic carbocycles. The van der Waals surface area contributed by atoms with Gasteiger partial charge in [-0.1, -0.05) is 17.7 Å². The Morgan fingerprint density at radius 3 is 2.59 bits per heavy atom. The van der Waals surface area contributed by atoms with E-state index in [1.165, 1.54) is 4.90 Å². The van der Waals surface area contributed by atoms with Crippen LogP contribution in [0.3, 0.4) is 0 Å². The van der Waals surface area contributed by atoms with Crippen molar-refractivity contribution in [1.29, 1.82) is 0 Å². The number of aliphatic imine (C=N–C) groups is 1. The summed E-state index contributed by atoms with van der Waals surface area (Å²) in [6.45, 7) is 3.27. The number of guanidine groups is 1. The molecule has 2 aliphatic rings. The highest BCUT2D eigenvalue weighted by Crippen LogP contribution is 2.22. The Morgan fingerprint density at radius 2 is 1.96 bits per heavy atom. The molecule has 0 radical (unpaired) electrons. The first-order chi connectivity index (χ1) is 12.8. The highest BCUT2D eigenvalue weighted by molar-refractivity contribution is 6.30. The number of piperazine rings is 1. The van der Waals surface area contributed by atoms with Gasteiger partial charge in [0.15, 0.2) is 5.96 Å². The second-order valence-corrected chi connectivity index (χ2v) is 7.42. The second kappa shape index (κ2) is 8.56. The van der Waals surface area contributed by atoms with E-state index in [1.54, 1.807) is 7.05 Å². The van der Waals surface area contributed by atoms with E-state index in [0.717, 1.165) is 42.8 Å². The average Bonchev–Trinajstić information content (AvgIpc) is 3.05. The van der Waals surface area contributed by atoms with Gasteiger partial charge in [-0.3, -0.25) is 9.89 Å². The fraction of sp³-hybridized carbons (Fsp3) is 0.611. The molecule has 1 atom stereocenters. The number of nitrogens with zero attached hydrogens (tertiary/aromatic N) is 4. The van der Waals surface area contributed by atoms with Gasteiger partial charge in [0.2, 0.25) is 0 Å². The summed E-state index contributed by atoms with van der Waals surface area (Å²) >= 11 is 6.07. The zero-order valence-electron chi connectivity index (χ0n) is 15.3. The number of benzene rings is 1. The van der Waals surface area contributed by atoms with Crippen molar-refractivity contribution in [1.82, 2.24) is 15.1 Å². The topological polar surface area (TPSA) is 34.1 Å². The molecule has 9 heteroatoms. The third-order valence-electron chi connectivity index (χ3n) is 4.97. The van der Waals surface area contributed by atoms with Crippen molar-refractivity contribution < 1.29 is 13.2 Å². The summed E-state index contributed by atoms with van der Waals surface area (Å²) in [5.74, 6) is 0.764. The number of hydrogen-bond acceptors (Lipinski definition) is 3. The third kappa shape index (κ3) is 5.65. The number of hydrogen-bond donors (Lipinski definition) is 1. The van der Waals surface area contributed by atoms with Crippen LogP contribution < -0.4 is 10.2 Å². The molecule has 0 aliphatic carbocycles. The quantitative estimate of drug-likeness (QED) is 0.621. The van der Waals surface area contributed by atoms with Crippen molar-refractivity contribution in [3.63, 3.8) is 0 Å². The van der Waals surface area contributed by atoms with Crippen molar-refractivity contribution in [3.05, 3.63) is 29.3 Å². The van der Waals surface area contributed by atoms with Crippen LogP contribution in [0.1, 0.15) is 6.42 Å². The molecule has 1 aromatic rings. The van der Waals surface area contributed by atoms with Gasteiger partial charge >= 0.3 is 6.18 Å². The number of alkyl halides is 3. The Labute approximate surface area is 162 Å². The van der Waals surface area contributed by atoms with Crippen LogP contribution in [0.2, 0.25) is 5.02 Å². The average molecular weight is 404 g/mol. The van der Waals surface area contributed by atoms with Gasteiger partial charge in [0.05, 0.1) is 6.54 Å². The van der Waals surface area contributed by atoms with Crippen molar-refractivity contribution >= 4 is 23.2 Å². The van der Waals surface area contributed by atoms with Gasteiger partial charge in [0.1, 0.15) is 0 Å². The summed E-state index contributed by atoms with van der Waals surface area (Å²) in [7, 11) is 1.72. The largest absolute Gasteiger partial charge is 0.401 e. The van der Waals surface area contributed by atoms with Crippen molar-refractivity contribution in [2.75, 3.05) is 57.8 Å². The van der Waals surface area contributed by atoms with E-state index in [-0.39, 0.29) is 6.04 Å². The molecule has 150 valence electrons. The zero-order valence-corrected chi connectivity index (χ0v) is 16.1. The molecule has 1 N–H and O–H groups in total. The minimum absolute atomic E-state index is 0.00277. The molecular weight excluding hydrogens is 379 g/mol. The number of likely N-dealkylation sites (tertiary alicyclic amines) is 1. The zero-order chi connectivity index (χ0) is 19.4. The van der Waals surface area contributed by atoms with E-state index in [2.05, 4.69) is 20.1 Å². The van der Waals surface area contributed by atoms with Gasteiger partial charge in [-0.05, 0) is 24.6 Å². The molecule has 0 aromatic heterocycles. The lowest BCUT2D eigenvalue weighted by Crippen LogP contribution is -2.54. The van der Waals surface area contributed by atoms with E-state index in [0.29, 0.717) is 19.5 Å². The summed E-state index contributed by atoms with van der Waals surface area (Å²) in [5.41, 5.74) is 1.10. The Hall–Kier alpha value is -1.67. The maximum absolute atomic E-state index is 12.5. The van der Waals surface area contributed by atoms with Crippen LogP contribution in [0.15, 0.2) is 29.3 Å². The Balaban J connectivity index is 1.50. The van der Waals surface area contributed by atoms with Gasteiger partial charge in [0, 0.05) is 63.1 Å². The second-order valence-electron chi connectivity index (χ2n) is 6.98. The maximum Gasteiger partial charge on any atom is 0.401 e. The lowest BCUT2D eigenvalue weighted by Gasteiger charge is -2.38. The van der Waals surface area contributed by atoms with E-state index in [1.807, 2.05) is 24.3 Å². The molecule has 0 amide bonds. The SMILES string of the molecule is CN=C(NC1CCN(CC(F)(F)F)C1)N1CCN(c2cccc(Cl)c2)CC1. The van der Waals surface area contributed by atoms with Crippen LogP contribution in [-0.2, 0) is 0 Å². The minimum atomic E-state index is -4.15.